The van der Waals surface area contributed by atoms with Crippen LogP contribution in [0.4, 0.5) is 19.0 Å². The maximum atomic E-state index is 14.0. The van der Waals surface area contributed by atoms with E-state index in [4.69, 9.17) is 20.1 Å². The Kier molecular flexibility index (Phi) is 10.2. The number of halogens is 3. The first-order valence-electron chi connectivity index (χ1n) is 18.4. The quantitative estimate of drug-likeness (QED) is 0.116. The fourth-order valence-corrected chi connectivity index (χ4v) is 8.34. The van der Waals surface area contributed by atoms with E-state index in [-0.39, 0.29) is 23.0 Å². The van der Waals surface area contributed by atoms with Crippen LogP contribution in [0, 0.1) is 17.7 Å². The first kappa shape index (κ1) is 37.1. The highest BCUT2D eigenvalue weighted by atomic mass is 19.4. The van der Waals surface area contributed by atoms with Gasteiger partial charge in [-0.15, -0.1) is 0 Å². The van der Waals surface area contributed by atoms with Crippen molar-refractivity contribution >= 4 is 45.8 Å². The molecule has 3 N–H and O–H groups in total. The van der Waals surface area contributed by atoms with Crippen LogP contribution in [0.2, 0.25) is 0 Å². The van der Waals surface area contributed by atoms with Crippen LogP contribution in [0.5, 0.6) is 5.75 Å². The number of benzene rings is 2. The Morgan fingerprint density at radius 2 is 1.85 bits per heavy atom. The lowest BCUT2D eigenvalue weighted by Gasteiger charge is -2.54. The van der Waals surface area contributed by atoms with Gasteiger partial charge in [-0.05, 0) is 86.2 Å². The van der Waals surface area contributed by atoms with Crippen molar-refractivity contribution in [3.05, 3.63) is 72.4 Å². The summed E-state index contributed by atoms with van der Waals surface area (Å²) in [6.07, 6.45) is 6.43. The largest absolute Gasteiger partial charge is 0.481 e. The molecule has 3 aliphatic rings. The number of nitrogens with one attached hydrogen (secondary N) is 3. The van der Waals surface area contributed by atoms with E-state index < -0.39 is 12.8 Å². The summed E-state index contributed by atoms with van der Waals surface area (Å²) in [6, 6.07) is 5.74. The minimum atomic E-state index is -4.60. The highest BCUT2D eigenvalue weighted by Crippen LogP contribution is 2.48. The third kappa shape index (κ3) is 7.18. The lowest BCUT2D eigenvalue weighted by Crippen LogP contribution is -2.61. The van der Waals surface area contributed by atoms with Gasteiger partial charge in [-0.3, -0.25) is 14.8 Å². The van der Waals surface area contributed by atoms with Crippen molar-refractivity contribution in [3.63, 3.8) is 0 Å². The van der Waals surface area contributed by atoms with Gasteiger partial charge in [0, 0.05) is 79.9 Å². The third-order valence-corrected chi connectivity index (χ3v) is 11.2. The number of amides is 1. The van der Waals surface area contributed by atoms with Gasteiger partial charge in [-0.25, -0.2) is 9.97 Å². The number of fused-ring (bicyclic) bond motifs is 2. The summed E-state index contributed by atoms with van der Waals surface area (Å²) < 4.78 is 48.0. The lowest BCUT2D eigenvalue weighted by atomic mass is 9.72. The average Bonchev–Trinajstić information content (AvgIpc) is 3.64. The van der Waals surface area contributed by atoms with E-state index in [1.165, 1.54) is 12.3 Å². The van der Waals surface area contributed by atoms with Crippen molar-refractivity contribution in [1.29, 1.82) is 5.41 Å². The predicted molar refractivity (Wildman–Crippen MR) is 206 cm³/mol. The number of rotatable bonds is 11. The van der Waals surface area contributed by atoms with Gasteiger partial charge in [0.25, 0.3) is 0 Å². The van der Waals surface area contributed by atoms with E-state index in [0.717, 1.165) is 60.8 Å². The summed E-state index contributed by atoms with van der Waals surface area (Å²) in [4.78, 5) is 28.9. The molecule has 0 bridgehead atoms. The minimum absolute atomic E-state index is 0.0198. The number of anilines is 1. The van der Waals surface area contributed by atoms with Gasteiger partial charge in [0.05, 0.1) is 11.7 Å². The smallest absolute Gasteiger partial charge is 0.422 e. The van der Waals surface area contributed by atoms with Crippen molar-refractivity contribution < 1.29 is 22.7 Å². The molecular weight excluding hydrogens is 695 g/mol. The molecule has 3 fully saturated rings. The molecule has 3 saturated heterocycles. The van der Waals surface area contributed by atoms with Gasteiger partial charge in [0.15, 0.2) is 12.4 Å². The topological polar surface area (TPSA) is 126 Å². The van der Waals surface area contributed by atoms with Crippen molar-refractivity contribution in [3.8, 4) is 16.9 Å². The standard InChI is InChI=1S/C40H46F3N9O2/c1-5-27-17-29-35(36(54-24-40(41,42)43)34(27)33-25(3)7-8-31-30(33)20-46-49-31)47-37(28-9-13-50(14-10-28)21-26(18-44)19-45-4)48-38(29)51-15-11-39(12-16-51)22-52(23-39)32(53)6-2/h5-8,17-20,28,44-45H,1-2,9-16,21-24H2,3-4H3,(H,46,49)/b26-19+,44-18?. The molecule has 2 aromatic carbocycles. The van der Waals surface area contributed by atoms with Gasteiger partial charge in [0.2, 0.25) is 5.91 Å². The number of hydrogen-bond acceptors (Lipinski definition) is 9. The maximum Gasteiger partial charge on any atom is 0.422 e. The number of piperidine rings is 2. The summed E-state index contributed by atoms with van der Waals surface area (Å²) in [6.45, 7) is 13.0. The number of hydrogen-bond donors (Lipinski definition) is 3. The van der Waals surface area contributed by atoms with Crippen LogP contribution in [0.15, 0.2) is 55.4 Å². The third-order valence-electron chi connectivity index (χ3n) is 11.2. The number of ether oxygens (including phenoxy) is 1. The molecule has 11 nitrogen and oxygen atoms in total. The fraction of sp³-hybridized carbons (Fsp3) is 0.425. The normalized spacial score (nSPS) is 18.2. The predicted octanol–water partition coefficient (Wildman–Crippen LogP) is 6.61. The molecule has 14 heteroatoms. The van der Waals surface area contributed by atoms with E-state index >= 15 is 0 Å². The molecule has 4 aromatic rings. The maximum absolute atomic E-state index is 14.0. The van der Waals surface area contributed by atoms with Gasteiger partial charge < -0.3 is 25.3 Å². The van der Waals surface area contributed by atoms with Crippen molar-refractivity contribution in [1.82, 2.24) is 35.3 Å². The Balaban J connectivity index is 1.35. The molecule has 0 saturated carbocycles. The molecule has 2 aromatic heterocycles. The van der Waals surface area contributed by atoms with Crippen LogP contribution in [-0.2, 0) is 4.79 Å². The highest BCUT2D eigenvalue weighted by Gasteiger charge is 2.46. The molecule has 284 valence electrons. The van der Waals surface area contributed by atoms with Crippen LogP contribution >= 0.6 is 0 Å². The summed E-state index contributed by atoms with van der Waals surface area (Å²) in [5.74, 6) is 1.18. The van der Waals surface area contributed by atoms with E-state index in [1.54, 1.807) is 12.3 Å². The number of aromatic nitrogens is 4. The molecule has 0 aliphatic carbocycles. The second kappa shape index (κ2) is 14.9. The summed E-state index contributed by atoms with van der Waals surface area (Å²) >= 11 is 0. The molecule has 3 aliphatic heterocycles. The monoisotopic (exact) mass is 741 g/mol. The van der Waals surface area contributed by atoms with Gasteiger partial charge >= 0.3 is 6.18 Å². The average molecular weight is 742 g/mol. The van der Waals surface area contributed by atoms with Crippen molar-refractivity contribution in [2.45, 2.75) is 44.7 Å². The van der Waals surface area contributed by atoms with Crippen LogP contribution in [0.1, 0.15) is 48.6 Å². The van der Waals surface area contributed by atoms with Gasteiger partial charge in [-0.2, -0.15) is 18.3 Å². The minimum Gasteiger partial charge on any atom is -0.481 e. The van der Waals surface area contributed by atoms with Gasteiger partial charge in [-0.1, -0.05) is 25.3 Å². The molecular formula is C40H46F3N9O2. The molecule has 0 unspecified atom stereocenters. The number of carbonyl (C=O) groups excluding carboxylic acids is 1. The molecule has 1 amide bonds. The van der Waals surface area contributed by atoms with Crippen LogP contribution < -0.4 is 15.0 Å². The fourth-order valence-electron chi connectivity index (χ4n) is 8.34. The molecule has 5 heterocycles. The molecule has 1 spiro atoms. The van der Waals surface area contributed by atoms with E-state index in [1.807, 2.05) is 43.3 Å². The van der Waals surface area contributed by atoms with E-state index in [2.05, 4.69) is 38.5 Å². The van der Waals surface area contributed by atoms with E-state index in [0.29, 0.717) is 72.0 Å². The zero-order chi connectivity index (χ0) is 38.2. The molecule has 54 heavy (non-hydrogen) atoms. The molecule has 0 atom stereocenters. The Hall–Kier alpha value is -5.24. The number of carbonyl (C=O) groups is 1. The Morgan fingerprint density at radius 1 is 1.11 bits per heavy atom. The second-order valence-corrected chi connectivity index (χ2v) is 14.8. The molecule has 7 rings (SSSR count). The van der Waals surface area contributed by atoms with Gasteiger partial charge in [0.1, 0.15) is 17.2 Å². The lowest BCUT2D eigenvalue weighted by molar-refractivity contribution is -0.153. The Bertz CT molecular complexity index is 2120. The summed E-state index contributed by atoms with van der Waals surface area (Å²) in [5.41, 5.74) is 4.58. The van der Waals surface area contributed by atoms with Crippen LogP contribution in [0.25, 0.3) is 39.0 Å². The number of alkyl halides is 3. The van der Waals surface area contributed by atoms with Crippen LogP contribution in [-0.4, -0.2) is 108 Å². The highest BCUT2D eigenvalue weighted by molar-refractivity contribution is 6.07. The number of nitrogens with zero attached hydrogens (tertiary/aromatic N) is 6. The van der Waals surface area contributed by atoms with Crippen molar-refractivity contribution in [2.24, 2.45) is 5.41 Å². The summed E-state index contributed by atoms with van der Waals surface area (Å²) in [7, 11) is 1.81. The SMILES string of the molecule is C=CC(=O)N1CC2(CCN(c3nc(C4CCN(C/C(C=N)=C/NC)CC4)nc4c(OCC(F)(F)F)c(-c5c(C)ccc6[nH]ncc56)c(C=C)cc34)CC2)C1. The van der Waals surface area contributed by atoms with Crippen molar-refractivity contribution in [2.75, 3.05) is 64.4 Å². The first-order valence-corrected chi connectivity index (χ1v) is 18.4. The first-order chi connectivity index (χ1) is 26.0. The van der Waals surface area contributed by atoms with E-state index in [9.17, 15) is 18.0 Å². The van der Waals surface area contributed by atoms with Crippen LogP contribution in [0.3, 0.4) is 0 Å². The Morgan fingerprint density at radius 3 is 2.50 bits per heavy atom. The summed E-state index contributed by atoms with van der Waals surface area (Å²) in [5, 5.41) is 19.4. The zero-order valence-electron chi connectivity index (χ0n) is 30.7. The zero-order valence-corrected chi connectivity index (χ0v) is 30.7. The Labute approximate surface area is 312 Å². The number of H-pyrrole nitrogens is 1. The molecule has 0 radical (unpaired) electrons. The number of aromatic amines is 1. The number of aryl methyl sites for hydroxylation is 1. The number of likely N-dealkylation sites (tertiary alicyclic amines) is 2. The second-order valence-electron chi connectivity index (χ2n) is 14.8.